The van der Waals surface area contributed by atoms with Crippen LogP contribution in [0.2, 0.25) is 0 Å². The number of fused-ring (bicyclic) bond motifs is 1. The number of hydrogen-bond acceptors (Lipinski definition) is 5. The number of anilines is 1. The van der Waals surface area contributed by atoms with Gasteiger partial charge in [-0.2, -0.15) is 0 Å². The van der Waals surface area contributed by atoms with Crippen molar-refractivity contribution >= 4 is 33.3 Å². The standard InChI is InChI=1S/C25H35N5OS/c1-3-5-8-20(16-19-17-26-22-10-7-6-9-21(19)22)28-24(31)23-18-27-25(32-23)30-14-12-29(11-4-2)13-15-30/h6-7,9-10,17-18,20,26H,3-5,8,11-16H2,1-2H3,(H,28,31). The van der Waals surface area contributed by atoms with Crippen molar-refractivity contribution in [3.05, 3.63) is 47.1 Å². The molecule has 1 aliphatic rings. The highest BCUT2D eigenvalue weighted by atomic mass is 32.1. The first-order chi connectivity index (χ1) is 15.7. The fourth-order valence-electron chi connectivity index (χ4n) is 4.49. The third-order valence-electron chi connectivity index (χ3n) is 6.28. The second kappa shape index (κ2) is 11.0. The number of carbonyl (C=O) groups is 1. The molecular formula is C25H35N5OS. The summed E-state index contributed by atoms with van der Waals surface area (Å²) in [5.41, 5.74) is 2.41. The molecule has 1 aromatic carbocycles. The zero-order valence-corrected chi connectivity index (χ0v) is 20.1. The van der Waals surface area contributed by atoms with Crippen LogP contribution >= 0.6 is 11.3 Å². The van der Waals surface area contributed by atoms with E-state index < -0.39 is 0 Å². The lowest BCUT2D eigenvalue weighted by atomic mass is 10.0. The molecule has 3 heterocycles. The maximum absolute atomic E-state index is 13.1. The summed E-state index contributed by atoms with van der Waals surface area (Å²) in [4.78, 5) is 26.5. The Balaban J connectivity index is 1.39. The average Bonchev–Trinajstić information content (AvgIpc) is 3.46. The number of aromatic nitrogens is 2. The third-order valence-corrected chi connectivity index (χ3v) is 7.34. The Bertz CT molecular complexity index is 1000. The molecule has 4 rings (SSSR count). The number of rotatable bonds is 10. The molecule has 1 aliphatic heterocycles. The molecule has 1 fully saturated rings. The van der Waals surface area contributed by atoms with E-state index in [0.29, 0.717) is 4.88 Å². The monoisotopic (exact) mass is 453 g/mol. The molecule has 0 saturated carbocycles. The first kappa shape index (κ1) is 22.8. The molecule has 32 heavy (non-hydrogen) atoms. The van der Waals surface area contributed by atoms with Crippen molar-refractivity contribution in [2.24, 2.45) is 0 Å². The summed E-state index contributed by atoms with van der Waals surface area (Å²) in [5.74, 6) is -0.000636. The summed E-state index contributed by atoms with van der Waals surface area (Å²) in [6, 6.07) is 8.48. The SMILES string of the molecule is CCCCC(Cc1c[nH]c2ccccc12)NC(=O)c1cnc(N2CCN(CCC)CC2)s1. The highest BCUT2D eigenvalue weighted by molar-refractivity contribution is 7.17. The number of nitrogens with one attached hydrogen (secondary N) is 2. The zero-order valence-electron chi connectivity index (χ0n) is 19.3. The second-order valence-electron chi connectivity index (χ2n) is 8.71. The van der Waals surface area contributed by atoms with Gasteiger partial charge in [-0.05, 0) is 37.4 Å². The van der Waals surface area contributed by atoms with Crippen LogP contribution in [0.4, 0.5) is 5.13 Å². The van der Waals surface area contributed by atoms with E-state index >= 15 is 0 Å². The number of thiazole rings is 1. The normalized spacial score (nSPS) is 15.9. The lowest BCUT2D eigenvalue weighted by molar-refractivity contribution is 0.0938. The van der Waals surface area contributed by atoms with Crippen molar-refractivity contribution < 1.29 is 4.79 Å². The molecule has 0 radical (unpaired) electrons. The Morgan fingerprint density at radius 2 is 2.00 bits per heavy atom. The smallest absolute Gasteiger partial charge is 0.263 e. The van der Waals surface area contributed by atoms with Gasteiger partial charge in [0.15, 0.2) is 5.13 Å². The summed E-state index contributed by atoms with van der Waals surface area (Å²) >= 11 is 1.52. The molecule has 0 spiro atoms. The quantitative estimate of drug-likeness (QED) is 0.468. The number of carbonyl (C=O) groups excluding carboxylic acids is 1. The van der Waals surface area contributed by atoms with Gasteiger partial charge in [0.2, 0.25) is 0 Å². The van der Waals surface area contributed by atoms with Crippen LogP contribution < -0.4 is 10.2 Å². The molecular weight excluding hydrogens is 418 g/mol. The molecule has 2 N–H and O–H groups in total. The molecule has 1 amide bonds. The Labute approximate surface area is 195 Å². The maximum atomic E-state index is 13.1. The summed E-state index contributed by atoms with van der Waals surface area (Å²) in [7, 11) is 0. The minimum Gasteiger partial charge on any atom is -0.361 e. The Morgan fingerprint density at radius 3 is 2.78 bits per heavy atom. The number of hydrogen-bond donors (Lipinski definition) is 2. The number of piperazine rings is 1. The summed E-state index contributed by atoms with van der Waals surface area (Å²) in [6.07, 6.45) is 9.06. The van der Waals surface area contributed by atoms with Crippen molar-refractivity contribution in [1.82, 2.24) is 20.2 Å². The van der Waals surface area contributed by atoms with Gasteiger partial charge in [-0.15, -0.1) is 0 Å². The molecule has 1 atom stereocenters. The van der Waals surface area contributed by atoms with Crippen molar-refractivity contribution in [3.8, 4) is 0 Å². The molecule has 1 saturated heterocycles. The van der Waals surface area contributed by atoms with Crippen LogP contribution in [0.5, 0.6) is 0 Å². The molecule has 6 nitrogen and oxygen atoms in total. The van der Waals surface area contributed by atoms with Crippen molar-refractivity contribution in [3.63, 3.8) is 0 Å². The number of aromatic amines is 1. The van der Waals surface area contributed by atoms with Gasteiger partial charge in [0, 0.05) is 49.3 Å². The highest BCUT2D eigenvalue weighted by Gasteiger charge is 2.22. The summed E-state index contributed by atoms with van der Waals surface area (Å²) < 4.78 is 0. The van der Waals surface area contributed by atoms with Gasteiger partial charge in [0.05, 0.1) is 6.20 Å². The van der Waals surface area contributed by atoms with Crippen LogP contribution in [0.3, 0.4) is 0 Å². The highest BCUT2D eigenvalue weighted by Crippen LogP contribution is 2.25. The van der Waals surface area contributed by atoms with Crippen molar-refractivity contribution in [2.45, 2.75) is 52.0 Å². The lowest BCUT2D eigenvalue weighted by Gasteiger charge is -2.34. The molecule has 0 aliphatic carbocycles. The molecule has 3 aromatic rings. The van der Waals surface area contributed by atoms with Gasteiger partial charge in [-0.3, -0.25) is 9.69 Å². The minimum atomic E-state index is -0.000636. The van der Waals surface area contributed by atoms with E-state index in [4.69, 9.17) is 0 Å². The Hall–Kier alpha value is -2.38. The van der Waals surface area contributed by atoms with Gasteiger partial charge in [0.25, 0.3) is 5.91 Å². The number of amides is 1. The van der Waals surface area contributed by atoms with Crippen LogP contribution in [0.1, 0.15) is 54.8 Å². The van der Waals surface area contributed by atoms with Gasteiger partial charge in [-0.1, -0.05) is 56.2 Å². The predicted molar refractivity (Wildman–Crippen MR) is 134 cm³/mol. The van der Waals surface area contributed by atoms with Crippen molar-refractivity contribution in [2.75, 3.05) is 37.6 Å². The van der Waals surface area contributed by atoms with E-state index in [1.165, 1.54) is 28.7 Å². The van der Waals surface area contributed by atoms with Crippen LogP contribution in [0.25, 0.3) is 10.9 Å². The zero-order chi connectivity index (χ0) is 22.3. The first-order valence-corrected chi connectivity index (χ1v) is 12.8. The van der Waals surface area contributed by atoms with E-state index in [9.17, 15) is 4.79 Å². The number of para-hydroxylation sites is 1. The predicted octanol–water partition coefficient (Wildman–Crippen LogP) is 4.69. The van der Waals surface area contributed by atoms with Gasteiger partial charge < -0.3 is 15.2 Å². The van der Waals surface area contributed by atoms with E-state index in [2.05, 4.69) is 63.3 Å². The van der Waals surface area contributed by atoms with E-state index in [1.807, 2.05) is 6.07 Å². The minimum absolute atomic E-state index is 0.000636. The average molecular weight is 454 g/mol. The topological polar surface area (TPSA) is 64.3 Å². The second-order valence-corrected chi connectivity index (χ2v) is 9.72. The number of benzene rings is 1. The van der Waals surface area contributed by atoms with Gasteiger partial charge >= 0.3 is 0 Å². The summed E-state index contributed by atoms with van der Waals surface area (Å²) in [6.45, 7) is 9.68. The van der Waals surface area contributed by atoms with E-state index in [-0.39, 0.29) is 11.9 Å². The largest absolute Gasteiger partial charge is 0.361 e. The fraction of sp³-hybridized carbons (Fsp3) is 0.520. The van der Waals surface area contributed by atoms with E-state index in [0.717, 1.165) is 69.1 Å². The van der Waals surface area contributed by atoms with E-state index in [1.54, 1.807) is 6.20 Å². The third kappa shape index (κ3) is 5.51. The van der Waals surface area contributed by atoms with Crippen LogP contribution in [-0.4, -0.2) is 59.5 Å². The number of unbranched alkanes of at least 4 members (excludes halogenated alkanes) is 1. The van der Waals surface area contributed by atoms with Crippen LogP contribution in [0.15, 0.2) is 36.7 Å². The van der Waals surface area contributed by atoms with Crippen molar-refractivity contribution in [1.29, 1.82) is 0 Å². The molecule has 0 bridgehead atoms. The van der Waals surface area contributed by atoms with Crippen LogP contribution in [0, 0.1) is 0 Å². The lowest BCUT2D eigenvalue weighted by Crippen LogP contribution is -2.46. The first-order valence-electron chi connectivity index (χ1n) is 12.0. The fourth-order valence-corrected chi connectivity index (χ4v) is 5.36. The number of H-pyrrole nitrogens is 1. The Morgan fingerprint density at radius 1 is 1.19 bits per heavy atom. The molecule has 2 aromatic heterocycles. The summed E-state index contributed by atoms with van der Waals surface area (Å²) in [5, 5.41) is 5.51. The molecule has 7 heteroatoms. The van der Waals surface area contributed by atoms with Gasteiger partial charge in [0.1, 0.15) is 4.88 Å². The maximum Gasteiger partial charge on any atom is 0.263 e. The van der Waals surface area contributed by atoms with Gasteiger partial charge in [-0.25, -0.2) is 4.98 Å². The van der Waals surface area contributed by atoms with Crippen LogP contribution in [-0.2, 0) is 6.42 Å². The molecule has 1 unspecified atom stereocenters. The molecule has 172 valence electrons. The Kier molecular flexibility index (Phi) is 7.81. The number of nitrogens with zero attached hydrogens (tertiary/aromatic N) is 3.